The lowest BCUT2D eigenvalue weighted by Gasteiger charge is -2.33. The molecule has 3 rings (SSSR count). The minimum absolute atomic E-state index is 0.391. The fourth-order valence-electron chi connectivity index (χ4n) is 3.15. The van der Waals surface area contributed by atoms with Crippen LogP contribution in [0.2, 0.25) is 0 Å². The predicted molar refractivity (Wildman–Crippen MR) is 113 cm³/mol. The minimum atomic E-state index is 0.391. The number of nitrogens with zero attached hydrogens (tertiary/aromatic N) is 2. The zero-order chi connectivity index (χ0) is 18.4. The summed E-state index contributed by atoms with van der Waals surface area (Å²) < 4.78 is 0. The third-order valence-corrected chi connectivity index (χ3v) is 4.68. The molecule has 0 aromatic heterocycles. The van der Waals surface area contributed by atoms with Crippen molar-refractivity contribution in [3.63, 3.8) is 0 Å². The largest absolute Gasteiger partial charge is 0.338 e. The second kappa shape index (κ2) is 8.48. The Morgan fingerprint density at radius 3 is 2.19 bits per heavy atom. The van der Waals surface area contributed by atoms with Crippen LogP contribution in [-0.4, -0.2) is 12.3 Å². The van der Waals surface area contributed by atoms with Gasteiger partial charge in [0.25, 0.3) is 0 Å². The normalized spacial score (nSPS) is 12.3. The fraction of sp³-hybridized carbons (Fsp3) is 0.208. The van der Waals surface area contributed by atoms with E-state index < -0.39 is 0 Å². The first kappa shape index (κ1) is 17.9. The van der Waals surface area contributed by atoms with Crippen molar-refractivity contribution in [2.75, 3.05) is 4.90 Å². The standard InChI is InChI=1S/C24H26N2/c1-4-20(3)26(23-16-9-6-10-17-23)24-19(2)12-11-13-21(24)18-25-22-14-7-5-8-15-22/h5-18,20H,4H2,1-3H3. The zero-order valence-electron chi connectivity index (χ0n) is 15.8. The first-order chi connectivity index (χ1) is 12.7. The van der Waals surface area contributed by atoms with Gasteiger partial charge in [-0.25, -0.2) is 0 Å². The van der Waals surface area contributed by atoms with E-state index in [-0.39, 0.29) is 0 Å². The Hall–Kier alpha value is -2.87. The predicted octanol–water partition coefficient (Wildman–Crippen LogP) is 6.68. The molecule has 2 heteroatoms. The van der Waals surface area contributed by atoms with Crippen molar-refractivity contribution in [1.82, 2.24) is 0 Å². The number of rotatable bonds is 6. The maximum absolute atomic E-state index is 4.69. The van der Waals surface area contributed by atoms with Crippen molar-refractivity contribution < 1.29 is 0 Å². The average Bonchev–Trinajstić information content (AvgIpc) is 2.69. The van der Waals surface area contributed by atoms with Crippen molar-refractivity contribution in [3.8, 4) is 0 Å². The van der Waals surface area contributed by atoms with E-state index in [9.17, 15) is 0 Å². The van der Waals surface area contributed by atoms with Gasteiger partial charge in [-0.2, -0.15) is 0 Å². The molecule has 1 unspecified atom stereocenters. The van der Waals surface area contributed by atoms with Gasteiger partial charge in [0.1, 0.15) is 0 Å². The maximum Gasteiger partial charge on any atom is 0.0629 e. The lowest BCUT2D eigenvalue weighted by Crippen LogP contribution is -2.29. The molecular weight excluding hydrogens is 316 g/mol. The maximum atomic E-state index is 4.69. The molecule has 0 heterocycles. The summed E-state index contributed by atoms with van der Waals surface area (Å²) in [5.41, 5.74) is 5.80. The van der Waals surface area contributed by atoms with E-state index in [1.807, 2.05) is 36.5 Å². The molecule has 0 fully saturated rings. The van der Waals surface area contributed by atoms with E-state index in [1.165, 1.54) is 16.9 Å². The van der Waals surface area contributed by atoms with Gasteiger partial charge in [0, 0.05) is 23.5 Å². The van der Waals surface area contributed by atoms with Crippen molar-refractivity contribution in [1.29, 1.82) is 0 Å². The average molecular weight is 342 g/mol. The third-order valence-electron chi connectivity index (χ3n) is 4.68. The molecule has 0 amide bonds. The summed E-state index contributed by atoms with van der Waals surface area (Å²) in [5.74, 6) is 0. The van der Waals surface area contributed by atoms with Gasteiger partial charge in [-0.05, 0) is 50.1 Å². The molecule has 0 spiro atoms. The van der Waals surface area contributed by atoms with Gasteiger partial charge in [-0.1, -0.05) is 61.5 Å². The Balaban J connectivity index is 2.08. The Kier molecular flexibility index (Phi) is 5.85. The summed E-state index contributed by atoms with van der Waals surface area (Å²) in [6.07, 6.45) is 3.05. The molecule has 3 aromatic carbocycles. The van der Waals surface area contributed by atoms with Crippen molar-refractivity contribution in [2.24, 2.45) is 4.99 Å². The van der Waals surface area contributed by atoms with Crippen LogP contribution in [-0.2, 0) is 0 Å². The lowest BCUT2D eigenvalue weighted by molar-refractivity contribution is 0.686. The topological polar surface area (TPSA) is 15.6 Å². The Labute approximate surface area is 156 Å². The molecule has 0 saturated heterocycles. The Morgan fingerprint density at radius 1 is 0.885 bits per heavy atom. The number of aliphatic imine (C=N–C) groups is 1. The molecule has 1 atom stereocenters. The summed E-state index contributed by atoms with van der Waals surface area (Å²) in [6.45, 7) is 6.68. The summed E-state index contributed by atoms with van der Waals surface area (Å²) in [4.78, 5) is 7.12. The highest BCUT2D eigenvalue weighted by Crippen LogP contribution is 2.34. The summed E-state index contributed by atoms with van der Waals surface area (Å²) >= 11 is 0. The molecular formula is C24H26N2. The molecule has 0 N–H and O–H groups in total. The summed E-state index contributed by atoms with van der Waals surface area (Å²) in [6, 6.07) is 27.5. The van der Waals surface area contributed by atoms with E-state index >= 15 is 0 Å². The van der Waals surface area contributed by atoms with Crippen LogP contribution in [0.3, 0.4) is 0 Å². The van der Waals surface area contributed by atoms with Crippen LogP contribution in [0.25, 0.3) is 0 Å². The van der Waals surface area contributed by atoms with E-state index in [0.717, 1.165) is 17.7 Å². The van der Waals surface area contributed by atoms with Gasteiger partial charge in [0.15, 0.2) is 0 Å². The first-order valence-electron chi connectivity index (χ1n) is 9.23. The van der Waals surface area contributed by atoms with Crippen LogP contribution < -0.4 is 4.90 Å². The molecule has 132 valence electrons. The highest BCUT2D eigenvalue weighted by Gasteiger charge is 2.19. The fourth-order valence-corrected chi connectivity index (χ4v) is 3.15. The SMILES string of the molecule is CCC(C)N(c1ccccc1)c1c(C)cccc1C=Nc1ccccc1. The van der Waals surface area contributed by atoms with Crippen LogP contribution in [0.1, 0.15) is 31.4 Å². The molecule has 0 aliphatic heterocycles. The smallest absolute Gasteiger partial charge is 0.0629 e. The first-order valence-corrected chi connectivity index (χ1v) is 9.23. The molecule has 26 heavy (non-hydrogen) atoms. The van der Waals surface area contributed by atoms with Crippen LogP contribution in [0.4, 0.5) is 17.1 Å². The number of hydrogen-bond donors (Lipinski definition) is 0. The number of anilines is 2. The van der Waals surface area contributed by atoms with Crippen LogP contribution in [0, 0.1) is 6.92 Å². The van der Waals surface area contributed by atoms with Gasteiger partial charge in [-0.3, -0.25) is 4.99 Å². The molecule has 0 saturated carbocycles. The summed E-state index contributed by atoms with van der Waals surface area (Å²) in [7, 11) is 0. The van der Waals surface area contributed by atoms with Crippen LogP contribution in [0.15, 0.2) is 83.9 Å². The minimum Gasteiger partial charge on any atom is -0.338 e. The monoisotopic (exact) mass is 342 g/mol. The van der Waals surface area contributed by atoms with Gasteiger partial charge in [0.2, 0.25) is 0 Å². The van der Waals surface area contributed by atoms with Gasteiger partial charge in [0.05, 0.1) is 11.4 Å². The molecule has 0 aliphatic carbocycles. The molecule has 3 aromatic rings. The van der Waals surface area contributed by atoms with Gasteiger partial charge < -0.3 is 4.90 Å². The quantitative estimate of drug-likeness (QED) is 0.456. The Bertz CT molecular complexity index is 854. The molecule has 0 aliphatic rings. The van der Waals surface area contributed by atoms with E-state index in [0.29, 0.717) is 6.04 Å². The number of benzene rings is 3. The molecule has 0 bridgehead atoms. The second-order valence-electron chi connectivity index (χ2n) is 6.57. The van der Waals surface area contributed by atoms with Crippen molar-refractivity contribution >= 4 is 23.3 Å². The number of para-hydroxylation sites is 3. The lowest BCUT2D eigenvalue weighted by atomic mass is 10.0. The summed E-state index contributed by atoms with van der Waals surface area (Å²) in [5, 5.41) is 0. The molecule has 0 radical (unpaired) electrons. The van der Waals surface area contributed by atoms with E-state index in [1.54, 1.807) is 0 Å². The van der Waals surface area contributed by atoms with Gasteiger partial charge >= 0.3 is 0 Å². The number of aryl methyl sites for hydroxylation is 1. The third kappa shape index (κ3) is 4.02. The highest BCUT2D eigenvalue weighted by molar-refractivity contribution is 5.92. The molecule has 2 nitrogen and oxygen atoms in total. The highest BCUT2D eigenvalue weighted by atomic mass is 15.2. The van der Waals surface area contributed by atoms with Crippen LogP contribution >= 0.6 is 0 Å². The Morgan fingerprint density at radius 2 is 1.54 bits per heavy atom. The van der Waals surface area contributed by atoms with Crippen molar-refractivity contribution in [2.45, 2.75) is 33.2 Å². The second-order valence-corrected chi connectivity index (χ2v) is 6.57. The van der Waals surface area contributed by atoms with Crippen molar-refractivity contribution in [3.05, 3.63) is 90.0 Å². The number of hydrogen-bond acceptors (Lipinski definition) is 2. The van der Waals surface area contributed by atoms with Crippen LogP contribution in [0.5, 0.6) is 0 Å². The zero-order valence-corrected chi connectivity index (χ0v) is 15.8. The van der Waals surface area contributed by atoms with Gasteiger partial charge in [-0.15, -0.1) is 0 Å². The van der Waals surface area contributed by atoms with E-state index in [2.05, 4.69) is 79.2 Å². The van der Waals surface area contributed by atoms with E-state index in [4.69, 9.17) is 0 Å².